The van der Waals surface area contributed by atoms with Crippen LogP contribution in [0, 0.1) is 11.6 Å². The molecule has 0 aliphatic rings. The van der Waals surface area contributed by atoms with Gasteiger partial charge in [0.15, 0.2) is 11.6 Å². The Morgan fingerprint density at radius 2 is 1.72 bits per heavy atom. The minimum absolute atomic E-state index is 0.423. The molecule has 5 heteroatoms. The zero-order valence-corrected chi connectivity index (χ0v) is 12.4. The van der Waals surface area contributed by atoms with Crippen LogP contribution in [0.5, 0.6) is 0 Å². The van der Waals surface area contributed by atoms with Crippen molar-refractivity contribution in [1.29, 1.82) is 0 Å². The number of benzene rings is 2. The molecule has 0 unspecified atom stereocenters. The molecular formula is C13H9Br2F2N. The zero-order chi connectivity index (χ0) is 13.1. The lowest BCUT2D eigenvalue weighted by Crippen LogP contribution is -2.01. The molecule has 0 atom stereocenters. The first-order valence-corrected chi connectivity index (χ1v) is 6.78. The third-order valence-electron chi connectivity index (χ3n) is 2.40. The average molecular weight is 377 g/mol. The quantitative estimate of drug-likeness (QED) is 0.785. The molecule has 1 nitrogen and oxygen atoms in total. The first kappa shape index (κ1) is 13.5. The van der Waals surface area contributed by atoms with Gasteiger partial charge in [0.2, 0.25) is 0 Å². The molecule has 0 aliphatic heterocycles. The topological polar surface area (TPSA) is 12.0 Å². The lowest BCUT2D eigenvalue weighted by Gasteiger charge is -2.09. The van der Waals surface area contributed by atoms with Crippen molar-refractivity contribution in [3.63, 3.8) is 0 Å². The average Bonchev–Trinajstić information content (AvgIpc) is 2.34. The van der Waals surface area contributed by atoms with E-state index in [1.165, 1.54) is 6.07 Å². The normalized spacial score (nSPS) is 10.4. The summed E-state index contributed by atoms with van der Waals surface area (Å²) < 4.78 is 27.7. The third-order valence-corrected chi connectivity index (χ3v) is 3.58. The lowest BCUT2D eigenvalue weighted by atomic mass is 10.2. The van der Waals surface area contributed by atoms with E-state index in [0.29, 0.717) is 12.1 Å². The van der Waals surface area contributed by atoms with E-state index < -0.39 is 11.6 Å². The predicted molar refractivity (Wildman–Crippen MR) is 75.5 cm³/mol. The maximum atomic E-state index is 13.0. The summed E-state index contributed by atoms with van der Waals surface area (Å²) in [5, 5.41) is 3.15. The maximum absolute atomic E-state index is 13.0. The smallest absolute Gasteiger partial charge is 0.159 e. The van der Waals surface area contributed by atoms with Gasteiger partial charge < -0.3 is 5.32 Å². The van der Waals surface area contributed by atoms with E-state index in [1.54, 1.807) is 6.07 Å². The molecule has 2 aromatic rings. The number of rotatable bonds is 3. The summed E-state index contributed by atoms with van der Waals surface area (Å²) in [4.78, 5) is 0. The summed E-state index contributed by atoms with van der Waals surface area (Å²) in [6.07, 6.45) is 0. The third kappa shape index (κ3) is 3.29. The minimum Gasteiger partial charge on any atom is -0.380 e. The van der Waals surface area contributed by atoms with Crippen LogP contribution in [0.3, 0.4) is 0 Å². The molecule has 18 heavy (non-hydrogen) atoms. The summed E-state index contributed by atoms with van der Waals surface area (Å²) in [5.41, 5.74) is 1.56. The van der Waals surface area contributed by atoms with Crippen LogP contribution in [0.2, 0.25) is 0 Å². The molecule has 0 spiro atoms. The van der Waals surface area contributed by atoms with E-state index in [2.05, 4.69) is 37.2 Å². The van der Waals surface area contributed by atoms with Crippen LogP contribution in [0.25, 0.3) is 0 Å². The van der Waals surface area contributed by atoms with E-state index >= 15 is 0 Å². The molecule has 0 bridgehead atoms. The molecule has 94 valence electrons. The van der Waals surface area contributed by atoms with Gasteiger partial charge in [-0.15, -0.1) is 0 Å². The van der Waals surface area contributed by atoms with Crippen LogP contribution in [-0.4, -0.2) is 0 Å². The second-order valence-electron chi connectivity index (χ2n) is 3.73. The van der Waals surface area contributed by atoms with Gasteiger partial charge in [0, 0.05) is 21.2 Å². The van der Waals surface area contributed by atoms with Gasteiger partial charge in [-0.3, -0.25) is 0 Å². The minimum atomic E-state index is -0.831. The predicted octanol–water partition coefficient (Wildman–Crippen LogP) is 5.10. The van der Waals surface area contributed by atoms with Crippen molar-refractivity contribution in [2.75, 3.05) is 5.32 Å². The fourth-order valence-corrected chi connectivity index (χ4v) is 2.23. The standard InChI is InChI=1S/C13H9Br2F2N/c14-9-2-3-10(15)13(6-9)18-7-8-1-4-11(16)12(17)5-8/h1-6,18H,7H2. The molecular weight excluding hydrogens is 368 g/mol. The van der Waals surface area contributed by atoms with E-state index in [9.17, 15) is 8.78 Å². The van der Waals surface area contributed by atoms with Crippen molar-refractivity contribution in [1.82, 2.24) is 0 Å². The van der Waals surface area contributed by atoms with Gasteiger partial charge in [-0.05, 0) is 51.8 Å². The number of halogens is 4. The van der Waals surface area contributed by atoms with Crippen molar-refractivity contribution in [2.45, 2.75) is 6.54 Å². The molecule has 0 aromatic heterocycles. The second kappa shape index (κ2) is 5.80. The molecule has 0 saturated heterocycles. The first-order valence-electron chi connectivity index (χ1n) is 5.19. The SMILES string of the molecule is Fc1ccc(CNc2cc(Br)ccc2Br)cc1F. The molecule has 0 amide bonds. The largest absolute Gasteiger partial charge is 0.380 e. The van der Waals surface area contributed by atoms with Crippen LogP contribution >= 0.6 is 31.9 Å². The Morgan fingerprint density at radius 3 is 2.44 bits per heavy atom. The molecule has 0 saturated carbocycles. The van der Waals surface area contributed by atoms with E-state index in [0.717, 1.165) is 20.7 Å². The van der Waals surface area contributed by atoms with Gasteiger partial charge in [-0.2, -0.15) is 0 Å². The van der Waals surface area contributed by atoms with Gasteiger partial charge in [-0.1, -0.05) is 22.0 Å². The molecule has 2 aromatic carbocycles. The van der Waals surface area contributed by atoms with Crippen molar-refractivity contribution in [3.05, 3.63) is 62.5 Å². The highest BCUT2D eigenvalue weighted by molar-refractivity contribution is 9.11. The van der Waals surface area contributed by atoms with Crippen molar-refractivity contribution in [2.24, 2.45) is 0 Å². The number of anilines is 1. The molecule has 0 heterocycles. The molecule has 0 aliphatic carbocycles. The number of hydrogen-bond acceptors (Lipinski definition) is 1. The van der Waals surface area contributed by atoms with E-state index in [-0.39, 0.29) is 0 Å². The summed E-state index contributed by atoms with van der Waals surface area (Å²) in [6.45, 7) is 0.423. The Labute approximate surface area is 120 Å². The molecule has 0 radical (unpaired) electrons. The van der Waals surface area contributed by atoms with Crippen LogP contribution in [-0.2, 0) is 6.54 Å². The zero-order valence-electron chi connectivity index (χ0n) is 9.18. The van der Waals surface area contributed by atoms with Crippen LogP contribution in [0.1, 0.15) is 5.56 Å². The number of hydrogen-bond donors (Lipinski definition) is 1. The van der Waals surface area contributed by atoms with Gasteiger partial charge >= 0.3 is 0 Å². The molecule has 0 fully saturated rings. The Kier molecular flexibility index (Phi) is 4.35. The van der Waals surface area contributed by atoms with Crippen molar-refractivity contribution in [3.8, 4) is 0 Å². The highest BCUT2D eigenvalue weighted by Crippen LogP contribution is 2.26. The summed E-state index contributed by atoms with van der Waals surface area (Å²) >= 11 is 6.79. The number of nitrogens with one attached hydrogen (secondary N) is 1. The van der Waals surface area contributed by atoms with E-state index in [1.807, 2.05) is 18.2 Å². The Balaban J connectivity index is 2.11. The Hall–Kier alpha value is -0.940. The Morgan fingerprint density at radius 1 is 0.944 bits per heavy atom. The monoisotopic (exact) mass is 375 g/mol. The summed E-state index contributed by atoms with van der Waals surface area (Å²) in [6, 6.07) is 9.59. The van der Waals surface area contributed by atoms with E-state index in [4.69, 9.17) is 0 Å². The summed E-state index contributed by atoms with van der Waals surface area (Å²) in [5.74, 6) is -1.66. The maximum Gasteiger partial charge on any atom is 0.159 e. The second-order valence-corrected chi connectivity index (χ2v) is 5.50. The lowest BCUT2D eigenvalue weighted by molar-refractivity contribution is 0.507. The van der Waals surface area contributed by atoms with Gasteiger partial charge in [0.1, 0.15) is 0 Å². The van der Waals surface area contributed by atoms with Crippen molar-refractivity contribution < 1.29 is 8.78 Å². The highest BCUT2D eigenvalue weighted by atomic mass is 79.9. The summed E-state index contributed by atoms with van der Waals surface area (Å²) in [7, 11) is 0. The van der Waals surface area contributed by atoms with Crippen LogP contribution < -0.4 is 5.32 Å². The van der Waals surface area contributed by atoms with Gasteiger partial charge in [0.05, 0.1) is 0 Å². The first-order chi connectivity index (χ1) is 8.56. The van der Waals surface area contributed by atoms with Crippen LogP contribution in [0.4, 0.5) is 14.5 Å². The fraction of sp³-hybridized carbons (Fsp3) is 0.0769. The fourth-order valence-electron chi connectivity index (χ4n) is 1.48. The van der Waals surface area contributed by atoms with Crippen molar-refractivity contribution >= 4 is 37.5 Å². The van der Waals surface area contributed by atoms with Crippen LogP contribution in [0.15, 0.2) is 45.3 Å². The highest BCUT2D eigenvalue weighted by Gasteiger charge is 2.04. The van der Waals surface area contributed by atoms with Gasteiger partial charge in [-0.25, -0.2) is 8.78 Å². The Bertz CT molecular complexity index is 573. The molecule has 2 rings (SSSR count). The molecule has 1 N–H and O–H groups in total. The van der Waals surface area contributed by atoms with Gasteiger partial charge in [0.25, 0.3) is 0 Å².